The zero-order valence-corrected chi connectivity index (χ0v) is 24.4. The van der Waals surface area contributed by atoms with Gasteiger partial charge in [0.1, 0.15) is 0 Å². The number of pyridine rings is 1. The number of alkyl halides is 6. The molecule has 1 radical (unpaired) electrons. The Morgan fingerprint density at radius 1 is 1.00 bits per heavy atom. The first-order valence-corrected chi connectivity index (χ1v) is 12.1. The molecule has 0 aliphatic heterocycles. The van der Waals surface area contributed by atoms with Gasteiger partial charge in [-0.2, -0.15) is 26.3 Å². The van der Waals surface area contributed by atoms with Crippen LogP contribution < -0.4 is 0 Å². The summed E-state index contributed by atoms with van der Waals surface area (Å²) in [5, 5.41) is 17.3. The summed E-state index contributed by atoms with van der Waals surface area (Å²) in [7, 11) is -8.02. The Kier molecular flexibility index (Phi) is 25.3. The number of thiophene rings is 1. The van der Waals surface area contributed by atoms with Gasteiger partial charge in [0.05, 0.1) is 0 Å². The monoisotopic (exact) mass is 872 g/mol. The maximum atomic E-state index is 10.7. The van der Waals surface area contributed by atoms with Gasteiger partial charge in [-0.05, 0) is 22.5 Å². The average molecular weight is 873 g/mol. The maximum Gasteiger partial charge on any atom is 0.0286 e. The van der Waals surface area contributed by atoms with E-state index >= 15 is 0 Å². The summed E-state index contributed by atoms with van der Waals surface area (Å²) in [4.78, 5) is 4.42. The van der Waals surface area contributed by atoms with Crippen molar-refractivity contribution in [2.75, 3.05) is 14.2 Å². The van der Waals surface area contributed by atoms with E-state index in [1.807, 2.05) is 36.5 Å². The molecule has 0 bridgehead atoms. The van der Waals surface area contributed by atoms with Gasteiger partial charge < -0.3 is 28.2 Å². The molecule has 3 rings (SSSR count). The van der Waals surface area contributed by atoms with Gasteiger partial charge in [-0.1, -0.05) is 6.07 Å². The topological polar surface area (TPSA) is 162 Å². The van der Waals surface area contributed by atoms with Crippen molar-refractivity contribution in [3.8, 4) is 11.3 Å². The van der Waals surface area contributed by atoms with Crippen molar-refractivity contribution >= 4 is 42.2 Å². The van der Waals surface area contributed by atoms with Crippen LogP contribution in [-0.2, 0) is 73.6 Å². The van der Waals surface area contributed by atoms with Crippen LogP contribution in [0, 0.1) is 6.07 Å². The predicted molar refractivity (Wildman–Crippen MR) is 111 cm³/mol. The Hall–Kier alpha value is -1.12. The van der Waals surface area contributed by atoms with E-state index in [4.69, 9.17) is 34.9 Å². The third-order valence-corrected chi connectivity index (χ3v) is 4.64. The smallest absolute Gasteiger partial charge is 0.0286 e. The number of aliphatic hydroxyl groups is 2. The van der Waals surface area contributed by atoms with E-state index in [9.17, 15) is 26.3 Å². The maximum absolute atomic E-state index is 10.7. The Bertz CT molecular complexity index is 1170. The fourth-order valence-corrected chi connectivity index (χ4v) is 2.43. The summed E-state index contributed by atoms with van der Waals surface area (Å²) in [5.41, 5.74) is -8.65. The van der Waals surface area contributed by atoms with Crippen LogP contribution in [0.4, 0.5) is 26.3 Å². The van der Waals surface area contributed by atoms with Crippen molar-refractivity contribution in [2.24, 2.45) is 0 Å². The van der Waals surface area contributed by atoms with Gasteiger partial charge in [0.2, 0.25) is 0 Å². The van der Waals surface area contributed by atoms with Crippen LogP contribution >= 0.6 is 11.3 Å². The molecule has 0 spiro atoms. The summed E-state index contributed by atoms with van der Waals surface area (Å²) < 4.78 is 118. The second-order valence-corrected chi connectivity index (χ2v) is 8.10. The third kappa shape index (κ3) is 17.9. The number of nitrogens with zero attached hydrogens (tertiary/aromatic N) is 1. The summed E-state index contributed by atoms with van der Waals surface area (Å²) >= 11 is 3.44. The van der Waals surface area contributed by atoms with Gasteiger partial charge >= 0.3 is 35.3 Å². The van der Waals surface area contributed by atoms with Crippen molar-refractivity contribution in [3.05, 3.63) is 54.0 Å². The molecular weight excluding hydrogens is 856 g/mol. The van der Waals surface area contributed by atoms with E-state index in [0.717, 1.165) is 25.5 Å². The van der Waals surface area contributed by atoms with Crippen LogP contribution in [0.1, 0.15) is 0 Å². The molecule has 1 aromatic carbocycles. The first-order chi connectivity index (χ1) is 16.6. The molecule has 0 aliphatic carbocycles. The Morgan fingerprint density at radius 3 is 1.81 bits per heavy atom. The van der Waals surface area contributed by atoms with E-state index < -0.39 is 31.8 Å². The number of fused-ring (bicyclic) bond motifs is 1. The predicted octanol–water partition coefficient (Wildman–Crippen LogP) is 3.72. The van der Waals surface area contributed by atoms with Gasteiger partial charge in [-0.25, -0.2) is 8.42 Å². The second-order valence-electron chi connectivity index (χ2n) is 4.85. The van der Waals surface area contributed by atoms with Crippen LogP contribution in [0.5, 0.6) is 0 Å². The van der Waals surface area contributed by atoms with Crippen LogP contribution in [0.15, 0.2) is 48.0 Å². The number of hydrogen-bond acceptors (Lipinski definition) is 11. The average Bonchev–Trinajstić information content (AvgIpc) is 3.32. The van der Waals surface area contributed by atoms with Crippen LogP contribution in [-0.4, -0.2) is 53.4 Å². The minimum absolute atomic E-state index is 0. The van der Waals surface area contributed by atoms with Crippen molar-refractivity contribution < 1.29 is 102 Å². The SMILES string of the molecule is CO.CO.O=S(=O)([O-])C(F)(F)F.O=[S-](=O)C(F)(F)F.[Ir].[O]=[Ag].[c-]1ccccc1-c1nccc2sccc12. The summed E-state index contributed by atoms with van der Waals surface area (Å²) in [6.45, 7) is 0. The molecule has 3 aromatic rings. The molecule has 2 aromatic heterocycles. The fourth-order valence-electron chi connectivity index (χ4n) is 1.65. The largest absolute Gasteiger partial charge is 0.304 e. The molecule has 220 valence electrons. The minimum Gasteiger partial charge on any atom is -0.304 e. The van der Waals surface area contributed by atoms with E-state index in [0.29, 0.717) is 0 Å². The van der Waals surface area contributed by atoms with Gasteiger partial charge in [0.25, 0.3) is 0 Å². The summed E-state index contributed by atoms with van der Waals surface area (Å²) in [6, 6.07) is 15.3. The second kappa shape index (κ2) is 21.8. The zero-order valence-electron chi connectivity index (χ0n) is 18.0. The Labute approximate surface area is 238 Å². The number of hydrogen-bond donors (Lipinski definition) is 2. The number of halogens is 6. The summed E-state index contributed by atoms with van der Waals surface area (Å²) in [5.74, 6) is 0. The molecule has 9 nitrogen and oxygen atoms in total. The third-order valence-electron chi connectivity index (χ3n) is 2.82. The van der Waals surface area contributed by atoms with E-state index in [1.54, 1.807) is 32.4 Å². The van der Waals surface area contributed by atoms with Crippen LogP contribution in [0.3, 0.4) is 0 Å². The molecule has 2 N–H and O–H groups in total. The molecule has 0 saturated carbocycles. The fraction of sp³-hybridized carbons (Fsp3) is 0.235. The van der Waals surface area contributed by atoms with Crippen molar-refractivity contribution in [2.45, 2.75) is 11.0 Å². The Balaban J connectivity index is -0.000000214. The van der Waals surface area contributed by atoms with E-state index in [2.05, 4.69) is 22.5 Å². The molecular formula is C17H16AgF6IrNO8S3-3. The molecule has 0 atom stereocenters. The van der Waals surface area contributed by atoms with Gasteiger partial charge in [0.15, 0.2) is 10.1 Å². The normalized spacial score (nSPS) is 10.2. The zero-order chi connectivity index (χ0) is 29.2. The first kappa shape index (κ1) is 43.0. The van der Waals surface area contributed by atoms with Gasteiger partial charge in [-0.15, -0.1) is 47.2 Å². The number of benzene rings is 1. The molecule has 0 saturated heterocycles. The first-order valence-electron chi connectivity index (χ1n) is 8.14. The number of aromatic nitrogens is 1. The quantitative estimate of drug-likeness (QED) is 0.0928. The standard InChI is InChI=1S/C13H8NS.CHF3O3S.CF3O2S.2CH4O.Ag.Ir.O/c1-2-4-10(5-3-1)13-11-7-9-15-12(11)6-8-14-13;2-1(3,4)8(5,6)7;2-1(3,4)7(5)6;2*1-2;;;/h1-4,6-9H;(H,5,6,7);;2*2H,1H3;;;/q-1;;-1;;;;;/p-1. The summed E-state index contributed by atoms with van der Waals surface area (Å²) in [6.07, 6.45) is 1.86. The minimum atomic E-state index is -6.09. The number of rotatable bonds is 1. The molecule has 0 unspecified atom stereocenters. The van der Waals surface area contributed by atoms with Crippen LogP contribution in [0.25, 0.3) is 21.3 Å². The van der Waals surface area contributed by atoms with Crippen molar-refractivity contribution in [3.63, 3.8) is 0 Å². The molecule has 0 amide bonds. The van der Waals surface area contributed by atoms with Crippen LogP contribution in [0.2, 0.25) is 0 Å². The Morgan fingerprint density at radius 2 is 1.46 bits per heavy atom. The molecule has 2 heterocycles. The van der Waals surface area contributed by atoms with Gasteiger partial charge in [-0.3, -0.25) is 0 Å². The van der Waals surface area contributed by atoms with Gasteiger partial charge in [0, 0.05) is 55.9 Å². The molecule has 0 fully saturated rings. The van der Waals surface area contributed by atoms with Crippen molar-refractivity contribution in [1.29, 1.82) is 0 Å². The number of aliphatic hydroxyl groups excluding tert-OH is 2. The molecule has 0 aliphatic rings. The van der Waals surface area contributed by atoms with Crippen molar-refractivity contribution in [1.82, 2.24) is 4.98 Å². The molecule has 37 heavy (non-hydrogen) atoms. The molecule has 20 heteroatoms. The van der Waals surface area contributed by atoms with E-state index in [-0.39, 0.29) is 20.1 Å². The van der Waals surface area contributed by atoms with E-state index in [1.165, 1.54) is 10.1 Å².